The smallest absolute Gasteiger partial charge is 0.188 e. The molecule has 1 saturated carbocycles. The average Bonchev–Trinajstić information content (AvgIpc) is 2.53. The molecular formula is C18H29IN4O. The molecule has 0 spiro atoms. The monoisotopic (exact) mass is 444 g/mol. The van der Waals surface area contributed by atoms with Gasteiger partial charge in [-0.25, -0.2) is 4.99 Å². The Morgan fingerprint density at radius 2 is 1.92 bits per heavy atom. The van der Waals surface area contributed by atoms with Crippen LogP contribution in [0.2, 0.25) is 0 Å². The predicted molar refractivity (Wildman–Crippen MR) is 109 cm³/mol. The summed E-state index contributed by atoms with van der Waals surface area (Å²) in [5.74, 6) is 1.36. The Bertz CT molecular complexity index is 528. The van der Waals surface area contributed by atoms with Gasteiger partial charge in [0.05, 0.1) is 19.8 Å². The second kappa shape index (κ2) is 10.2. The Hall–Kier alpha value is -0.860. The van der Waals surface area contributed by atoms with Gasteiger partial charge in [-0.1, -0.05) is 30.7 Å². The number of rotatable bonds is 6. The lowest BCUT2D eigenvalue weighted by molar-refractivity contribution is 0.0341. The van der Waals surface area contributed by atoms with Crippen LogP contribution in [-0.2, 0) is 17.8 Å². The molecule has 0 bridgehead atoms. The molecule has 1 aromatic rings. The van der Waals surface area contributed by atoms with Crippen LogP contribution in [0.5, 0.6) is 0 Å². The summed E-state index contributed by atoms with van der Waals surface area (Å²) < 4.78 is 5.42. The Morgan fingerprint density at radius 3 is 2.58 bits per heavy atom. The first-order chi connectivity index (χ1) is 11.3. The Kier molecular flexibility index (Phi) is 8.28. The molecule has 1 heterocycles. The lowest BCUT2D eigenvalue weighted by Crippen LogP contribution is -2.37. The highest BCUT2D eigenvalue weighted by atomic mass is 127. The van der Waals surface area contributed by atoms with E-state index in [1.54, 1.807) is 0 Å². The molecule has 134 valence electrons. The van der Waals surface area contributed by atoms with Crippen LogP contribution < -0.4 is 11.1 Å². The highest BCUT2D eigenvalue weighted by molar-refractivity contribution is 14.0. The largest absolute Gasteiger partial charge is 0.379 e. The van der Waals surface area contributed by atoms with Crippen LogP contribution in [-0.4, -0.2) is 43.7 Å². The molecule has 2 fully saturated rings. The van der Waals surface area contributed by atoms with Gasteiger partial charge in [0, 0.05) is 26.2 Å². The second-order valence-electron chi connectivity index (χ2n) is 6.54. The summed E-state index contributed by atoms with van der Waals surface area (Å²) in [5, 5.41) is 3.26. The second-order valence-corrected chi connectivity index (χ2v) is 6.54. The number of nitrogens with one attached hydrogen (secondary N) is 1. The van der Waals surface area contributed by atoms with E-state index >= 15 is 0 Å². The molecule has 24 heavy (non-hydrogen) atoms. The topological polar surface area (TPSA) is 62.9 Å². The summed E-state index contributed by atoms with van der Waals surface area (Å²) in [6.07, 6.45) is 4.00. The number of nitrogens with zero attached hydrogens (tertiary/aromatic N) is 2. The number of aliphatic imine (C=N–C) groups is 1. The molecule has 3 N–H and O–H groups in total. The molecule has 3 rings (SSSR count). The van der Waals surface area contributed by atoms with E-state index in [9.17, 15) is 0 Å². The number of benzene rings is 1. The van der Waals surface area contributed by atoms with Crippen molar-refractivity contribution in [2.24, 2.45) is 16.6 Å². The van der Waals surface area contributed by atoms with Gasteiger partial charge >= 0.3 is 0 Å². The van der Waals surface area contributed by atoms with E-state index in [2.05, 4.69) is 39.5 Å². The highest BCUT2D eigenvalue weighted by Crippen LogP contribution is 2.25. The van der Waals surface area contributed by atoms with E-state index in [-0.39, 0.29) is 24.0 Å². The van der Waals surface area contributed by atoms with Gasteiger partial charge in [-0.3, -0.25) is 4.90 Å². The van der Waals surface area contributed by atoms with E-state index in [1.807, 2.05) is 0 Å². The Labute approximate surface area is 162 Å². The standard InChI is InChI=1S/C18H28N4O.HI/c19-18(20-12-15-4-3-5-15)21-13-16-6-1-2-7-17(16)14-22-8-10-23-11-9-22;/h1-2,6-7,15H,3-5,8-14H2,(H3,19,20,21);1H. The van der Waals surface area contributed by atoms with Crippen molar-refractivity contribution in [3.8, 4) is 0 Å². The first kappa shape index (κ1) is 19.5. The van der Waals surface area contributed by atoms with Crippen molar-refractivity contribution in [2.75, 3.05) is 32.8 Å². The molecule has 1 aliphatic carbocycles. The lowest BCUT2D eigenvalue weighted by atomic mass is 9.85. The van der Waals surface area contributed by atoms with Gasteiger partial charge in [-0.05, 0) is 29.9 Å². The van der Waals surface area contributed by atoms with Crippen molar-refractivity contribution in [1.29, 1.82) is 0 Å². The van der Waals surface area contributed by atoms with E-state index < -0.39 is 0 Å². The van der Waals surface area contributed by atoms with Crippen LogP contribution >= 0.6 is 24.0 Å². The summed E-state index contributed by atoms with van der Waals surface area (Å²) in [6.45, 7) is 6.24. The molecule has 0 amide bonds. The molecule has 0 atom stereocenters. The lowest BCUT2D eigenvalue weighted by Gasteiger charge is -2.27. The molecule has 1 aromatic carbocycles. The number of nitrogens with two attached hydrogens (primary N) is 1. The van der Waals surface area contributed by atoms with Crippen LogP contribution in [0.3, 0.4) is 0 Å². The van der Waals surface area contributed by atoms with Crippen molar-refractivity contribution in [3.63, 3.8) is 0 Å². The van der Waals surface area contributed by atoms with Crippen LogP contribution in [0, 0.1) is 5.92 Å². The molecule has 0 unspecified atom stereocenters. The normalized spacial score (nSPS) is 19.4. The number of hydrogen-bond acceptors (Lipinski definition) is 3. The summed E-state index contributed by atoms with van der Waals surface area (Å²) >= 11 is 0. The predicted octanol–water partition coefficient (Wildman–Crippen LogP) is 2.34. The van der Waals surface area contributed by atoms with E-state index in [0.29, 0.717) is 12.5 Å². The highest BCUT2D eigenvalue weighted by Gasteiger charge is 2.17. The third-order valence-corrected chi connectivity index (χ3v) is 4.83. The van der Waals surface area contributed by atoms with Gasteiger partial charge in [-0.2, -0.15) is 0 Å². The zero-order valence-electron chi connectivity index (χ0n) is 14.2. The van der Waals surface area contributed by atoms with Crippen molar-refractivity contribution in [2.45, 2.75) is 32.4 Å². The molecule has 2 aliphatic rings. The maximum absolute atomic E-state index is 5.99. The minimum atomic E-state index is 0. The van der Waals surface area contributed by atoms with Crippen LogP contribution in [0.15, 0.2) is 29.3 Å². The number of morpholine rings is 1. The van der Waals surface area contributed by atoms with Gasteiger partial charge in [0.25, 0.3) is 0 Å². The summed E-state index contributed by atoms with van der Waals surface area (Å²) in [6, 6.07) is 8.52. The first-order valence-corrected chi connectivity index (χ1v) is 8.72. The maximum Gasteiger partial charge on any atom is 0.188 e. The fraction of sp³-hybridized carbons (Fsp3) is 0.611. The molecule has 0 radical (unpaired) electrons. The molecule has 5 nitrogen and oxygen atoms in total. The van der Waals surface area contributed by atoms with E-state index in [0.717, 1.165) is 45.3 Å². The third-order valence-electron chi connectivity index (χ3n) is 4.83. The van der Waals surface area contributed by atoms with E-state index in [4.69, 9.17) is 10.5 Å². The number of guanidine groups is 1. The fourth-order valence-corrected chi connectivity index (χ4v) is 3.04. The maximum atomic E-state index is 5.99. The molecule has 0 aromatic heterocycles. The quantitative estimate of drug-likeness (QED) is 0.402. The SMILES string of the molecule is I.NC(=NCc1ccccc1CN1CCOCC1)NCC1CCC1. The third kappa shape index (κ3) is 5.89. The summed E-state index contributed by atoms with van der Waals surface area (Å²) in [7, 11) is 0. The number of halogens is 1. The van der Waals surface area contributed by atoms with Gasteiger partial charge in [0.15, 0.2) is 5.96 Å². The van der Waals surface area contributed by atoms with Gasteiger partial charge in [-0.15, -0.1) is 24.0 Å². The summed E-state index contributed by atoms with van der Waals surface area (Å²) in [4.78, 5) is 6.95. The minimum absolute atomic E-state index is 0. The fourth-order valence-electron chi connectivity index (χ4n) is 3.04. The van der Waals surface area contributed by atoms with Crippen molar-refractivity contribution in [1.82, 2.24) is 10.2 Å². The van der Waals surface area contributed by atoms with Gasteiger partial charge in [0.2, 0.25) is 0 Å². The average molecular weight is 444 g/mol. The Morgan fingerprint density at radius 1 is 1.21 bits per heavy atom. The number of ether oxygens (including phenoxy) is 1. The van der Waals surface area contributed by atoms with Crippen molar-refractivity contribution < 1.29 is 4.74 Å². The first-order valence-electron chi connectivity index (χ1n) is 8.72. The number of hydrogen-bond donors (Lipinski definition) is 2. The van der Waals surface area contributed by atoms with Crippen molar-refractivity contribution in [3.05, 3.63) is 35.4 Å². The van der Waals surface area contributed by atoms with Crippen LogP contribution in [0.1, 0.15) is 30.4 Å². The zero-order valence-corrected chi connectivity index (χ0v) is 16.6. The van der Waals surface area contributed by atoms with Gasteiger partial charge < -0.3 is 15.8 Å². The van der Waals surface area contributed by atoms with E-state index in [1.165, 1.54) is 30.4 Å². The minimum Gasteiger partial charge on any atom is -0.379 e. The van der Waals surface area contributed by atoms with Crippen LogP contribution in [0.25, 0.3) is 0 Å². The molecular weight excluding hydrogens is 415 g/mol. The molecule has 6 heteroatoms. The Balaban J connectivity index is 0.00000208. The van der Waals surface area contributed by atoms with Gasteiger partial charge in [0.1, 0.15) is 0 Å². The summed E-state index contributed by atoms with van der Waals surface area (Å²) in [5.41, 5.74) is 8.59. The molecule has 1 aliphatic heterocycles. The van der Waals surface area contributed by atoms with Crippen molar-refractivity contribution >= 4 is 29.9 Å². The zero-order chi connectivity index (χ0) is 15.9. The molecule has 1 saturated heterocycles. The van der Waals surface area contributed by atoms with Crippen LogP contribution in [0.4, 0.5) is 0 Å².